The Morgan fingerprint density at radius 1 is 1.36 bits per heavy atom. The van der Waals surface area contributed by atoms with Crippen molar-refractivity contribution >= 4 is 11.9 Å². The quantitative estimate of drug-likeness (QED) is 0.513. The van der Waals surface area contributed by atoms with Crippen LogP contribution < -0.4 is 0 Å². The topological polar surface area (TPSA) is 43.4 Å². The van der Waals surface area contributed by atoms with Gasteiger partial charge < -0.3 is 4.74 Å². The molecule has 14 heavy (non-hydrogen) atoms. The zero-order chi connectivity index (χ0) is 10.7. The molecule has 1 aliphatic heterocycles. The van der Waals surface area contributed by atoms with Gasteiger partial charge in [0.15, 0.2) is 0 Å². The summed E-state index contributed by atoms with van der Waals surface area (Å²) < 4.78 is 4.61. The van der Waals surface area contributed by atoms with Crippen LogP contribution in [0.15, 0.2) is 0 Å². The number of carbonyl (C=O) groups is 2. The van der Waals surface area contributed by atoms with Crippen LogP contribution in [0.25, 0.3) is 0 Å². The Morgan fingerprint density at radius 2 is 2.00 bits per heavy atom. The third-order valence-corrected chi connectivity index (χ3v) is 3.01. The van der Waals surface area contributed by atoms with E-state index < -0.39 is 0 Å². The van der Waals surface area contributed by atoms with Gasteiger partial charge in [-0.1, -0.05) is 33.6 Å². The lowest BCUT2D eigenvalue weighted by Crippen LogP contribution is -2.22. The van der Waals surface area contributed by atoms with Crippen LogP contribution >= 0.6 is 0 Å². The second kappa shape index (κ2) is 4.58. The molecule has 1 heterocycles. The van der Waals surface area contributed by atoms with E-state index in [4.69, 9.17) is 0 Å². The normalized spacial score (nSPS) is 29.1. The fourth-order valence-electron chi connectivity index (χ4n) is 2.04. The number of ether oxygens (including phenoxy) is 1. The number of rotatable bonds is 4. The van der Waals surface area contributed by atoms with Crippen molar-refractivity contribution in [1.29, 1.82) is 0 Å². The van der Waals surface area contributed by atoms with E-state index in [1.165, 1.54) is 0 Å². The molecular weight excluding hydrogens is 180 g/mol. The Labute approximate surface area is 84.8 Å². The van der Waals surface area contributed by atoms with Crippen LogP contribution in [0.2, 0.25) is 0 Å². The maximum atomic E-state index is 11.4. The average Bonchev–Trinajstić information content (AvgIpc) is 2.38. The first-order valence-electron chi connectivity index (χ1n) is 5.33. The average molecular weight is 198 g/mol. The summed E-state index contributed by atoms with van der Waals surface area (Å²) >= 11 is 0. The minimum Gasteiger partial charge on any atom is -0.393 e. The molecule has 3 atom stereocenters. The minimum atomic E-state index is -0.358. The van der Waals surface area contributed by atoms with Gasteiger partial charge >= 0.3 is 11.9 Å². The molecule has 0 amide bonds. The molecule has 80 valence electrons. The van der Waals surface area contributed by atoms with Crippen molar-refractivity contribution < 1.29 is 14.3 Å². The molecule has 0 spiro atoms. The highest BCUT2D eigenvalue weighted by atomic mass is 16.6. The molecule has 0 aromatic heterocycles. The predicted octanol–water partition coefficient (Wildman–Crippen LogP) is 2.15. The summed E-state index contributed by atoms with van der Waals surface area (Å²) in [7, 11) is 0. The van der Waals surface area contributed by atoms with Crippen LogP contribution in [-0.2, 0) is 14.3 Å². The highest BCUT2D eigenvalue weighted by Crippen LogP contribution is 2.32. The number of carbonyl (C=O) groups excluding carboxylic acids is 2. The van der Waals surface area contributed by atoms with E-state index >= 15 is 0 Å². The lowest BCUT2D eigenvalue weighted by molar-refractivity contribution is -0.154. The first kappa shape index (κ1) is 11.2. The Hall–Kier alpha value is -0.860. The minimum absolute atomic E-state index is 0.214. The van der Waals surface area contributed by atoms with Gasteiger partial charge in [0.1, 0.15) is 0 Å². The van der Waals surface area contributed by atoms with E-state index in [1.807, 2.05) is 6.92 Å². The highest BCUT2D eigenvalue weighted by Gasteiger charge is 2.43. The lowest BCUT2D eigenvalue weighted by Gasteiger charge is -2.17. The van der Waals surface area contributed by atoms with Gasteiger partial charge in [-0.2, -0.15) is 0 Å². The summed E-state index contributed by atoms with van der Waals surface area (Å²) in [6.07, 6.45) is 3.22. The van der Waals surface area contributed by atoms with Crippen molar-refractivity contribution in [3.05, 3.63) is 0 Å². The Balaban J connectivity index is 2.57. The standard InChI is InChI=1S/C11H18O3/c1-4-5-6-7(2)9-8(3)10(12)14-11(9)13/h7-9H,4-6H2,1-3H3. The van der Waals surface area contributed by atoms with Crippen LogP contribution in [0.5, 0.6) is 0 Å². The molecule has 1 fully saturated rings. The largest absolute Gasteiger partial charge is 0.393 e. The molecular formula is C11H18O3. The molecule has 1 aliphatic rings. The molecule has 0 aromatic carbocycles. The summed E-state index contributed by atoms with van der Waals surface area (Å²) in [5.41, 5.74) is 0. The van der Waals surface area contributed by atoms with Crippen LogP contribution in [0.3, 0.4) is 0 Å². The molecule has 0 aliphatic carbocycles. The summed E-state index contributed by atoms with van der Waals surface area (Å²) in [5.74, 6) is -0.901. The van der Waals surface area contributed by atoms with E-state index in [0.717, 1.165) is 19.3 Å². The molecule has 1 rings (SSSR count). The van der Waals surface area contributed by atoms with Crippen LogP contribution in [0.1, 0.15) is 40.0 Å². The van der Waals surface area contributed by atoms with Gasteiger partial charge in [-0.05, 0) is 12.3 Å². The molecule has 3 unspecified atom stereocenters. The monoisotopic (exact) mass is 198 g/mol. The number of esters is 2. The SMILES string of the molecule is CCCCC(C)C1C(=O)OC(=O)C1C. The first-order valence-corrected chi connectivity index (χ1v) is 5.33. The zero-order valence-electron chi connectivity index (χ0n) is 9.08. The number of hydrogen-bond acceptors (Lipinski definition) is 3. The first-order chi connectivity index (χ1) is 6.57. The molecule has 3 nitrogen and oxygen atoms in total. The summed E-state index contributed by atoms with van der Waals surface area (Å²) in [6, 6.07) is 0. The molecule has 3 heteroatoms. The second-order valence-electron chi connectivity index (χ2n) is 4.17. The summed E-state index contributed by atoms with van der Waals surface area (Å²) in [4.78, 5) is 22.5. The lowest BCUT2D eigenvalue weighted by atomic mass is 9.82. The Bertz CT molecular complexity index is 235. The molecule has 1 saturated heterocycles. The summed E-state index contributed by atoms with van der Waals surface area (Å²) in [6.45, 7) is 5.92. The van der Waals surface area contributed by atoms with Crippen molar-refractivity contribution in [2.24, 2.45) is 17.8 Å². The predicted molar refractivity (Wildman–Crippen MR) is 52.4 cm³/mol. The van der Waals surface area contributed by atoms with Gasteiger partial charge in [-0.25, -0.2) is 0 Å². The van der Waals surface area contributed by atoms with Gasteiger partial charge in [-0.3, -0.25) is 9.59 Å². The maximum absolute atomic E-state index is 11.4. The van der Waals surface area contributed by atoms with E-state index in [2.05, 4.69) is 11.7 Å². The van der Waals surface area contributed by atoms with Crippen molar-refractivity contribution in [2.45, 2.75) is 40.0 Å². The molecule has 0 aromatic rings. The molecule has 0 saturated carbocycles. The molecule has 0 N–H and O–H groups in total. The van der Waals surface area contributed by atoms with Crippen LogP contribution in [-0.4, -0.2) is 11.9 Å². The van der Waals surface area contributed by atoms with E-state index in [-0.39, 0.29) is 29.7 Å². The van der Waals surface area contributed by atoms with Gasteiger partial charge in [0, 0.05) is 0 Å². The van der Waals surface area contributed by atoms with E-state index in [9.17, 15) is 9.59 Å². The number of cyclic esters (lactones) is 2. The molecule has 0 radical (unpaired) electrons. The smallest absolute Gasteiger partial charge is 0.317 e. The van der Waals surface area contributed by atoms with Crippen molar-refractivity contribution in [1.82, 2.24) is 0 Å². The van der Waals surface area contributed by atoms with Gasteiger partial charge in [0.05, 0.1) is 11.8 Å². The Morgan fingerprint density at radius 3 is 2.43 bits per heavy atom. The van der Waals surface area contributed by atoms with Gasteiger partial charge in [0.25, 0.3) is 0 Å². The van der Waals surface area contributed by atoms with Crippen molar-refractivity contribution in [2.75, 3.05) is 0 Å². The molecule has 0 bridgehead atoms. The summed E-state index contributed by atoms with van der Waals surface area (Å²) in [5, 5.41) is 0. The fourth-order valence-corrected chi connectivity index (χ4v) is 2.04. The van der Waals surface area contributed by atoms with Crippen molar-refractivity contribution in [3.8, 4) is 0 Å². The van der Waals surface area contributed by atoms with Crippen molar-refractivity contribution in [3.63, 3.8) is 0 Å². The Kier molecular flexibility index (Phi) is 3.67. The van der Waals surface area contributed by atoms with E-state index in [1.54, 1.807) is 6.92 Å². The third-order valence-electron chi connectivity index (χ3n) is 3.01. The van der Waals surface area contributed by atoms with Crippen LogP contribution in [0, 0.1) is 17.8 Å². The van der Waals surface area contributed by atoms with Gasteiger partial charge in [0.2, 0.25) is 0 Å². The van der Waals surface area contributed by atoms with E-state index in [0.29, 0.717) is 0 Å². The maximum Gasteiger partial charge on any atom is 0.317 e. The number of hydrogen-bond donors (Lipinski definition) is 0. The van der Waals surface area contributed by atoms with Crippen LogP contribution in [0.4, 0.5) is 0 Å². The fraction of sp³-hybridized carbons (Fsp3) is 0.818. The highest BCUT2D eigenvalue weighted by molar-refractivity contribution is 5.96. The third kappa shape index (κ3) is 2.14. The number of unbranched alkanes of at least 4 members (excludes halogenated alkanes) is 1. The van der Waals surface area contributed by atoms with Gasteiger partial charge in [-0.15, -0.1) is 0 Å². The second-order valence-corrected chi connectivity index (χ2v) is 4.17. The zero-order valence-corrected chi connectivity index (χ0v) is 9.08.